The fourth-order valence-electron chi connectivity index (χ4n) is 0.959. The van der Waals surface area contributed by atoms with Gasteiger partial charge in [-0.15, -0.1) is 0 Å². The average molecular weight is 205 g/mol. The van der Waals surface area contributed by atoms with E-state index in [1.165, 1.54) is 6.92 Å². The van der Waals surface area contributed by atoms with Gasteiger partial charge in [0.15, 0.2) is 6.10 Å². The van der Waals surface area contributed by atoms with Crippen molar-refractivity contribution < 1.29 is 18.3 Å². The zero-order valence-electron chi connectivity index (χ0n) is 7.54. The molecule has 1 aromatic heterocycles. The third-order valence-electron chi connectivity index (χ3n) is 1.90. The zero-order valence-corrected chi connectivity index (χ0v) is 7.54. The Morgan fingerprint density at radius 3 is 2.57 bits per heavy atom. The minimum atomic E-state index is -3.23. The summed E-state index contributed by atoms with van der Waals surface area (Å²) in [6, 6.07) is 2.03. The van der Waals surface area contributed by atoms with Crippen LogP contribution in [0.1, 0.15) is 25.1 Å². The molecule has 1 unspecified atom stereocenters. The Labute approximate surface area is 79.4 Å². The molecule has 1 aromatic rings. The van der Waals surface area contributed by atoms with Crippen LogP contribution in [0.2, 0.25) is 0 Å². The van der Waals surface area contributed by atoms with Crippen molar-refractivity contribution in [1.82, 2.24) is 4.98 Å². The molecule has 1 heterocycles. The Morgan fingerprint density at radius 1 is 1.50 bits per heavy atom. The Kier molecular flexibility index (Phi) is 3.10. The number of nitrogens with zero attached hydrogens (tertiary/aromatic N) is 1. The zero-order chi connectivity index (χ0) is 10.8. The van der Waals surface area contributed by atoms with E-state index < -0.39 is 24.3 Å². The molecule has 78 valence electrons. The number of aliphatic hydroxyl groups excluding tert-OH is 1. The van der Waals surface area contributed by atoms with Gasteiger partial charge in [-0.1, -0.05) is 6.92 Å². The number of pyridine rings is 1. The molecule has 1 N–H and O–H groups in total. The van der Waals surface area contributed by atoms with Crippen molar-refractivity contribution in [2.75, 3.05) is 0 Å². The molecule has 1 rings (SSSR count). The van der Waals surface area contributed by atoms with Crippen molar-refractivity contribution in [3.63, 3.8) is 0 Å². The molecular weight excluding hydrogens is 195 g/mol. The van der Waals surface area contributed by atoms with Crippen LogP contribution in [0.15, 0.2) is 18.3 Å². The van der Waals surface area contributed by atoms with E-state index in [2.05, 4.69) is 4.98 Å². The van der Waals surface area contributed by atoms with E-state index in [0.717, 1.165) is 18.3 Å². The highest BCUT2D eigenvalue weighted by molar-refractivity contribution is 5.10. The van der Waals surface area contributed by atoms with Crippen molar-refractivity contribution >= 4 is 0 Å². The van der Waals surface area contributed by atoms with E-state index in [9.17, 15) is 18.3 Å². The average Bonchev–Trinajstić information content (AvgIpc) is 2.18. The summed E-state index contributed by atoms with van der Waals surface area (Å²) >= 11 is 0. The van der Waals surface area contributed by atoms with Crippen LogP contribution in [0.25, 0.3) is 0 Å². The molecule has 0 radical (unpaired) electrons. The number of aliphatic hydroxyl groups is 1. The Balaban J connectivity index is 2.89. The van der Waals surface area contributed by atoms with E-state index in [-0.39, 0.29) is 5.69 Å². The molecule has 0 aliphatic carbocycles. The maximum atomic E-state index is 12.9. The topological polar surface area (TPSA) is 33.1 Å². The van der Waals surface area contributed by atoms with Crippen LogP contribution in [0.3, 0.4) is 0 Å². The van der Waals surface area contributed by atoms with Crippen molar-refractivity contribution in [2.24, 2.45) is 0 Å². The molecule has 0 bridgehead atoms. The summed E-state index contributed by atoms with van der Waals surface area (Å²) in [6.45, 7) is 1.26. The lowest BCUT2D eigenvalue weighted by Crippen LogP contribution is -2.25. The van der Waals surface area contributed by atoms with Gasteiger partial charge >= 0.3 is 0 Å². The molecule has 0 spiro atoms. The Morgan fingerprint density at radius 2 is 2.14 bits per heavy atom. The van der Waals surface area contributed by atoms with Crippen LogP contribution in [-0.2, 0) is 0 Å². The van der Waals surface area contributed by atoms with Crippen LogP contribution in [0, 0.1) is 5.82 Å². The summed E-state index contributed by atoms with van der Waals surface area (Å²) in [4.78, 5) is 3.39. The number of aromatic nitrogens is 1. The van der Waals surface area contributed by atoms with Crippen LogP contribution in [0.4, 0.5) is 13.2 Å². The van der Waals surface area contributed by atoms with Gasteiger partial charge in [-0.3, -0.25) is 4.98 Å². The fraction of sp³-hybridized carbons (Fsp3) is 0.444. The lowest BCUT2D eigenvalue weighted by Gasteiger charge is -2.20. The van der Waals surface area contributed by atoms with Crippen molar-refractivity contribution in [3.8, 4) is 0 Å². The number of hydrogen-bond donors (Lipinski definition) is 1. The van der Waals surface area contributed by atoms with Crippen LogP contribution in [-0.4, -0.2) is 16.0 Å². The normalized spacial score (nSPS) is 14.1. The first-order valence-corrected chi connectivity index (χ1v) is 4.14. The third-order valence-corrected chi connectivity index (χ3v) is 1.90. The largest absolute Gasteiger partial charge is 0.380 e. The first-order chi connectivity index (χ1) is 6.47. The summed E-state index contributed by atoms with van der Waals surface area (Å²) < 4.78 is 38.3. The van der Waals surface area contributed by atoms with Gasteiger partial charge in [-0.2, -0.15) is 0 Å². The Hall–Kier alpha value is -1.10. The predicted molar refractivity (Wildman–Crippen MR) is 44.4 cm³/mol. The molecule has 14 heavy (non-hydrogen) atoms. The lowest BCUT2D eigenvalue weighted by molar-refractivity contribution is -0.114. The quantitative estimate of drug-likeness (QED) is 0.821. The van der Waals surface area contributed by atoms with Gasteiger partial charge in [0.05, 0.1) is 11.9 Å². The van der Waals surface area contributed by atoms with Gasteiger partial charge in [0, 0.05) is 6.42 Å². The SMILES string of the molecule is CCC(F)(F)C(O)c1ccc(F)cn1. The van der Waals surface area contributed by atoms with Gasteiger partial charge in [-0.05, 0) is 12.1 Å². The molecule has 5 heteroatoms. The van der Waals surface area contributed by atoms with Crippen molar-refractivity contribution in [1.29, 1.82) is 0 Å². The number of halogens is 3. The molecule has 0 fully saturated rings. The highest BCUT2D eigenvalue weighted by Gasteiger charge is 2.38. The highest BCUT2D eigenvalue weighted by atomic mass is 19.3. The monoisotopic (exact) mass is 205 g/mol. The second-order valence-electron chi connectivity index (χ2n) is 2.92. The predicted octanol–water partition coefficient (Wildman–Crippen LogP) is 2.30. The number of rotatable bonds is 3. The first kappa shape index (κ1) is 11.0. The van der Waals surface area contributed by atoms with Gasteiger partial charge in [0.2, 0.25) is 0 Å². The second kappa shape index (κ2) is 3.96. The minimum absolute atomic E-state index is 0.224. The number of hydrogen-bond acceptors (Lipinski definition) is 2. The van der Waals surface area contributed by atoms with Gasteiger partial charge in [0.1, 0.15) is 5.82 Å². The van der Waals surface area contributed by atoms with Crippen LogP contribution >= 0.6 is 0 Å². The molecule has 0 saturated heterocycles. The molecular formula is C9H10F3NO. The highest BCUT2D eigenvalue weighted by Crippen LogP contribution is 2.32. The number of alkyl halides is 2. The van der Waals surface area contributed by atoms with E-state index in [4.69, 9.17) is 0 Å². The maximum Gasteiger partial charge on any atom is 0.278 e. The minimum Gasteiger partial charge on any atom is -0.380 e. The van der Waals surface area contributed by atoms with Gasteiger partial charge in [0.25, 0.3) is 5.92 Å². The smallest absolute Gasteiger partial charge is 0.278 e. The summed E-state index contributed by atoms with van der Waals surface area (Å²) in [6.07, 6.45) is -1.68. The molecule has 0 aromatic carbocycles. The van der Waals surface area contributed by atoms with E-state index in [1.54, 1.807) is 0 Å². The Bertz CT molecular complexity index is 299. The molecule has 2 nitrogen and oxygen atoms in total. The molecule has 0 saturated carbocycles. The van der Waals surface area contributed by atoms with Crippen molar-refractivity contribution in [3.05, 3.63) is 29.8 Å². The standard InChI is InChI=1S/C9H10F3NO/c1-2-9(11,12)8(14)7-4-3-6(10)5-13-7/h3-5,8,14H,2H2,1H3. The van der Waals surface area contributed by atoms with Crippen LogP contribution < -0.4 is 0 Å². The fourth-order valence-corrected chi connectivity index (χ4v) is 0.959. The first-order valence-electron chi connectivity index (χ1n) is 4.14. The summed E-state index contributed by atoms with van der Waals surface area (Å²) in [5, 5.41) is 9.20. The molecule has 0 amide bonds. The lowest BCUT2D eigenvalue weighted by atomic mass is 10.1. The van der Waals surface area contributed by atoms with Gasteiger partial charge in [-0.25, -0.2) is 13.2 Å². The third kappa shape index (κ3) is 2.23. The van der Waals surface area contributed by atoms with E-state index in [0.29, 0.717) is 0 Å². The second-order valence-corrected chi connectivity index (χ2v) is 2.92. The van der Waals surface area contributed by atoms with Crippen LogP contribution in [0.5, 0.6) is 0 Å². The molecule has 0 aliphatic rings. The van der Waals surface area contributed by atoms with Crippen molar-refractivity contribution in [2.45, 2.75) is 25.4 Å². The maximum absolute atomic E-state index is 12.9. The molecule has 0 aliphatic heterocycles. The summed E-state index contributed by atoms with van der Waals surface area (Å²) in [7, 11) is 0. The summed E-state index contributed by atoms with van der Waals surface area (Å²) in [5.41, 5.74) is -0.224. The summed E-state index contributed by atoms with van der Waals surface area (Å²) in [5.74, 6) is -3.86. The van der Waals surface area contributed by atoms with E-state index >= 15 is 0 Å². The van der Waals surface area contributed by atoms with E-state index in [1.807, 2.05) is 0 Å². The molecule has 1 atom stereocenters. The van der Waals surface area contributed by atoms with Gasteiger partial charge < -0.3 is 5.11 Å².